The minimum absolute atomic E-state index is 0.0835. The Balaban J connectivity index is 4.24. The fourth-order valence-electron chi connectivity index (χ4n) is 7.21. The summed E-state index contributed by atoms with van der Waals surface area (Å²) >= 11 is 0. The smallest absolute Gasteiger partial charge is 0.306 e. The average molecular weight is 789 g/mol. The first-order valence-electron chi connectivity index (χ1n) is 24.9. The molecule has 5 heteroatoms. The predicted octanol–water partition coefficient (Wildman–Crippen LogP) is 16.5. The molecule has 0 saturated carbocycles. The number of carbonyl (C=O) groups excluding carboxylic acids is 2. The Hall–Kier alpha value is -1.62. The standard InChI is InChI=1S/C51H96O5/c1-4-7-10-13-16-19-22-25-26-28-29-32-35-38-41-44-50(52)55-48-49(47-54-46-43-40-37-34-31-24-21-18-15-12-9-6-3)56-51(53)45-42-39-36-33-30-27-23-20-17-14-11-8-5-2/h20,23,25-26,49H,4-19,21-22,24,27-48H2,1-3H3/b23-20-,26-25-. The second-order valence-corrected chi connectivity index (χ2v) is 16.7. The Morgan fingerprint density at radius 3 is 1.11 bits per heavy atom. The molecule has 0 rings (SSSR count). The second kappa shape index (κ2) is 47.8. The Morgan fingerprint density at radius 2 is 0.696 bits per heavy atom. The number of esters is 2. The molecule has 0 bridgehead atoms. The van der Waals surface area contributed by atoms with Crippen molar-refractivity contribution >= 4 is 11.9 Å². The summed E-state index contributed by atoms with van der Waals surface area (Å²) in [4.78, 5) is 25.3. The quantitative estimate of drug-likeness (QED) is 0.0349. The van der Waals surface area contributed by atoms with Crippen LogP contribution < -0.4 is 0 Å². The molecule has 0 saturated heterocycles. The summed E-state index contributed by atoms with van der Waals surface area (Å²) in [6.45, 7) is 7.83. The van der Waals surface area contributed by atoms with Gasteiger partial charge in [-0.1, -0.05) is 206 Å². The first kappa shape index (κ1) is 54.4. The first-order chi connectivity index (χ1) is 27.6. The summed E-state index contributed by atoms with van der Waals surface area (Å²) in [5.74, 6) is -0.403. The number of allylic oxidation sites excluding steroid dienone is 4. The molecule has 0 N–H and O–H groups in total. The molecule has 56 heavy (non-hydrogen) atoms. The molecule has 0 aromatic carbocycles. The minimum Gasteiger partial charge on any atom is -0.462 e. The van der Waals surface area contributed by atoms with Gasteiger partial charge in [0.25, 0.3) is 0 Å². The van der Waals surface area contributed by atoms with Gasteiger partial charge in [-0.15, -0.1) is 0 Å². The van der Waals surface area contributed by atoms with Crippen LogP contribution in [0.2, 0.25) is 0 Å². The lowest BCUT2D eigenvalue weighted by Gasteiger charge is -2.18. The molecule has 0 aliphatic rings. The minimum atomic E-state index is -0.536. The molecule has 330 valence electrons. The van der Waals surface area contributed by atoms with Gasteiger partial charge in [0.2, 0.25) is 0 Å². The second-order valence-electron chi connectivity index (χ2n) is 16.7. The Labute approximate surface area is 349 Å². The number of hydrogen-bond acceptors (Lipinski definition) is 5. The van der Waals surface area contributed by atoms with Crippen molar-refractivity contribution in [2.75, 3.05) is 19.8 Å². The van der Waals surface area contributed by atoms with E-state index in [0.29, 0.717) is 19.4 Å². The molecule has 0 radical (unpaired) electrons. The van der Waals surface area contributed by atoms with Gasteiger partial charge >= 0.3 is 11.9 Å². The monoisotopic (exact) mass is 789 g/mol. The zero-order valence-electron chi connectivity index (χ0n) is 37.9. The van der Waals surface area contributed by atoms with Crippen molar-refractivity contribution in [3.05, 3.63) is 24.3 Å². The van der Waals surface area contributed by atoms with Gasteiger partial charge in [0.05, 0.1) is 6.61 Å². The van der Waals surface area contributed by atoms with E-state index in [4.69, 9.17) is 14.2 Å². The van der Waals surface area contributed by atoms with Gasteiger partial charge in [-0.05, 0) is 70.6 Å². The zero-order chi connectivity index (χ0) is 40.7. The first-order valence-corrected chi connectivity index (χ1v) is 24.9. The van der Waals surface area contributed by atoms with Crippen molar-refractivity contribution in [1.29, 1.82) is 0 Å². The summed E-state index contributed by atoms with van der Waals surface area (Å²) in [6, 6.07) is 0. The van der Waals surface area contributed by atoms with Crippen LogP contribution in [0, 0.1) is 0 Å². The van der Waals surface area contributed by atoms with Crippen molar-refractivity contribution in [2.24, 2.45) is 0 Å². The van der Waals surface area contributed by atoms with Gasteiger partial charge in [-0.25, -0.2) is 0 Å². The predicted molar refractivity (Wildman–Crippen MR) is 242 cm³/mol. The molecular weight excluding hydrogens is 693 g/mol. The summed E-state index contributed by atoms with van der Waals surface area (Å²) < 4.78 is 17.4. The van der Waals surface area contributed by atoms with E-state index in [1.807, 2.05) is 0 Å². The Morgan fingerprint density at radius 1 is 0.375 bits per heavy atom. The van der Waals surface area contributed by atoms with E-state index in [-0.39, 0.29) is 25.2 Å². The molecule has 0 amide bonds. The highest BCUT2D eigenvalue weighted by atomic mass is 16.6. The van der Waals surface area contributed by atoms with E-state index in [9.17, 15) is 9.59 Å². The van der Waals surface area contributed by atoms with Crippen LogP contribution in [-0.2, 0) is 23.8 Å². The fourth-order valence-corrected chi connectivity index (χ4v) is 7.21. The number of carbonyl (C=O) groups is 2. The highest BCUT2D eigenvalue weighted by Crippen LogP contribution is 2.14. The van der Waals surface area contributed by atoms with Crippen LogP contribution in [-0.4, -0.2) is 37.9 Å². The Bertz CT molecular complexity index is 851. The molecule has 5 nitrogen and oxygen atoms in total. The molecule has 0 aromatic heterocycles. The van der Waals surface area contributed by atoms with Gasteiger partial charge < -0.3 is 14.2 Å². The molecule has 0 aromatic rings. The van der Waals surface area contributed by atoms with Crippen LogP contribution in [0.3, 0.4) is 0 Å². The number of rotatable bonds is 46. The summed E-state index contributed by atoms with van der Waals surface area (Å²) in [5, 5.41) is 0. The van der Waals surface area contributed by atoms with Crippen molar-refractivity contribution in [3.63, 3.8) is 0 Å². The van der Waals surface area contributed by atoms with Crippen molar-refractivity contribution < 1.29 is 23.8 Å². The number of hydrogen-bond donors (Lipinski definition) is 0. The Kier molecular flexibility index (Phi) is 46.4. The highest BCUT2D eigenvalue weighted by Gasteiger charge is 2.17. The highest BCUT2D eigenvalue weighted by molar-refractivity contribution is 5.70. The maximum atomic E-state index is 12.7. The van der Waals surface area contributed by atoms with Crippen LogP contribution in [0.4, 0.5) is 0 Å². The maximum absolute atomic E-state index is 12.7. The number of ether oxygens (including phenoxy) is 3. The van der Waals surface area contributed by atoms with Crippen molar-refractivity contribution in [2.45, 2.75) is 271 Å². The molecule has 1 unspecified atom stereocenters. The van der Waals surface area contributed by atoms with Gasteiger partial charge in [0.1, 0.15) is 6.61 Å². The molecule has 0 aliphatic carbocycles. The third-order valence-electron chi connectivity index (χ3n) is 11.0. The van der Waals surface area contributed by atoms with E-state index < -0.39 is 6.10 Å². The molecule has 0 heterocycles. The largest absolute Gasteiger partial charge is 0.462 e. The van der Waals surface area contributed by atoms with Gasteiger partial charge in [0.15, 0.2) is 6.10 Å². The summed E-state index contributed by atoms with van der Waals surface area (Å²) in [7, 11) is 0. The molecule has 1 atom stereocenters. The lowest BCUT2D eigenvalue weighted by molar-refractivity contribution is -0.163. The third-order valence-corrected chi connectivity index (χ3v) is 11.0. The topological polar surface area (TPSA) is 61.8 Å². The number of unbranched alkanes of at least 4 members (excludes halogenated alkanes) is 31. The van der Waals surface area contributed by atoms with E-state index in [1.54, 1.807) is 0 Å². The maximum Gasteiger partial charge on any atom is 0.306 e. The third kappa shape index (κ3) is 45.1. The van der Waals surface area contributed by atoms with E-state index >= 15 is 0 Å². The molecule has 0 fully saturated rings. The molecule has 0 spiro atoms. The van der Waals surface area contributed by atoms with Gasteiger partial charge in [-0.3, -0.25) is 9.59 Å². The lowest BCUT2D eigenvalue weighted by Crippen LogP contribution is -2.30. The van der Waals surface area contributed by atoms with Gasteiger partial charge in [0, 0.05) is 19.4 Å². The lowest BCUT2D eigenvalue weighted by atomic mass is 10.1. The van der Waals surface area contributed by atoms with Crippen LogP contribution >= 0.6 is 0 Å². The zero-order valence-corrected chi connectivity index (χ0v) is 37.9. The van der Waals surface area contributed by atoms with E-state index in [2.05, 4.69) is 45.1 Å². The van der Waals surface area contributed by atoms with Crippen LogP contribution in [0.1, 0.15) is 265 Å². The van der Waals surface area contributed by atoms with E-state index in [0.717, 1.165) is 57.8 Å². The fraction of sp³-hybridized carbons (Fsp3) is 0.882. The normalized spacial score (nSPS) is 12.3. The van der Waals surface area contributed by atoms with E-state index in [1.165, 1.54) is 173 Å². The summed E-state index contributed by atoms with van der Waals surface area (Å²) in [6.07, 6.45) is 54.6. The van der Waals surface area contributed by atoms with Crippen LogP contribution in [0.25, 0.3) is 0 Å². The SMILES string of the molecule is CCCCCC/C=C\CCCCCCCC(=O)OC(COCCCCCCCCCCCCCC)COC(=O)CCCCCCC/C=C\CCCCCCCC. The van der Waals surface area contributed by atoms with Crippen molar-refractivity contribution in [1.82, 2.24) is 0 Å². The molecular formula is C51H96O5. The van der Waals surface area contributed by atoms with Gasteiger partial charge in [-0.2, -0.15) is 0 Å². The van der Waals surface area contributed by atoms with Crippen molar-refractivity contribution in [3.8, 4) is 0 Å². The van der Waals surface area contributed by atoms with Crippen LogP contribution in [0.5, 0.6) is 0 Å². The van der Waals surface area contributed by atoms with Crippen LogP contribution in [0.15, 0.2) is 24.3 Å². The average Bonchev–Trinajstić information content (AvgIpc) is 3.20. The summed E-state index contributed by atoms with van der Waals surface area (Å²) in [5.41, 5.74) is 0. The molecule has 0 aliphatic heterocycles.